The first-order chi connectivity index (χ1) is 18.8. The summed E-state index contributed by atoms with van der Waals surface area (Å²) < 4.78 is 5.27. The minimum Gasteiger partial charge on any atom is -0.484 e. The third kappa shape index (κ3) is 14.6. The lowest BCUT2D eigenvalue weighted by Gasteiger charge is -2.34. The maximum Gasteiger partial charge on any atom is 0.317 e. The van der Waals surface area contributed by atoms with Gasteiger partial charge in [-0.3, -0.25) is 48.9 Å². The molecule has 1 aromatic rings. The fraction of sp³-hybridized carbons (Fsp3) is 0.478. The zero-order valence-electron chi connectivity index (χ0n) is 21.5. The quantitative estimate of drug-likeness (QED) is 0.0449. The molecule has 17 heteroatoms. The summed E-state index contributed by atoms with van der Waals surface area (Å²) in [7, 11) is 0. The van der Waals surface area contributed by atoms with E-state index in [1.54, 1.807) is 12.1 Å². The van der Waals surface area contributed by atoms with Gasteiger partial charge in [0.2, 0.25) is 0 Å². The molecule has 0 saturated carbocycles. The summed E-state index contributed by atoms with van der Waals surface area (Å²) in [6, 6.07) is 5.42. The van der Waals surface area contributed by atoms with Gasteiger partial charge >= 0.3 is 29.8 Å². The van der Waals surface area contributed by atoms with Crippen molar-refractivity contribution in [3.05, 3.63) is 29.8 Å². The molecule has 1 aromatic carbocycles. The third-order valence-corrected chi connectivity index (χ3v) is 5.40. The van der Waals surface area contributed by atoms with E-state index in [1.165, 1.54) is 17.0 Å². The van der Waals surface area contributed by atoms with Crippen LogP contribution in [0.2, 0.25) is 0 Å². The Labute approximate surface area is 228 Å². The predicted octanol–water partition coefficient (Wildman–Crippen LogP) is -2.70. The molecule has 1 unspecified atom stereocenters. The van der Waals surface area contributed by atoms with Crippen LogP contribution >= 0.6 is 0 Å². The number of hydrogen-bond acceptors (Lipinski definition) is 11. The van der Waals surface area contributed by atoms with Crippen molar-refractivity contribution in [2.75, 3.05) is 59.0 Å². The van der Waals surface area contributed by atoms with Crippen LogP contribution in [-0.2, 0) is 35.2 Å². The minimum atomic E-state index is -1.31. The molecule has 0 fully saturated rings. The molecule has 0 bridgehead atoms. The molecule has 1 amide bonds. The number of hydrogen-bond donors (Lipinski definition) is 7. The van der Waals surface area contributed by atoms with E-state index in [2.05, 4.69) is 0 Å². The molecule has 1 atom stereocenters. The van der Waals surface area contributed by atoms with Gasteiger partial charge < -0.3 is 30.3 Å². The normalized spacial score (nSPS) is 11.8. The van der Waals surface area contributed by atoms with Gasteiger partial charge in [0.05, 0.1) is 32.7 Å². The van der Waals surface area contributed by atoms with Crippen LogP contribution in [0.3, 0.4) is 0 Å². The van der Waals surface area contributed by atoms with Gasteiger partial charge in [-0.05, 0) is 24.1 Å². The predicted molar refractivity (Wildman–Crippen MR) is 134 cm³/mol. The summed E-state index contributed by atoms with van der Waals surface area (Å²) >= 11 is 0. The summed E-state index contributed by atoms with van der Waals surface area (Å²) in [5, 5.41) is 46.3. The number of ether oxygens (including phenoxy) is 1. The van der Waals surface area contributed by atoms with E-state index >= 15 is 0 Å². The highest BCUT2D eigenvalue weighted by atomic mass is 16.5. The lowest BCUT2D eigenvalue weighted by Crippen LogP contribution is -2.51. The maximum atomic E-state index is 11.5. The van der Waals surface area contributed by atoms with Crippen molar-refractivity contribution in [3.63, 3.8) is 0 Å². The summed E-state index contributed by atoms with van der Waals surface area (Å²) in [6.45, 7) is -3.84. The Kier molecular flexibility index (Phi) is 14.6. The van der Waals surface area contributed by atoms with Gasteiger partial charge in [0.25, 0.3) is 5.91 Å². The molecular weight excluding hydrogens is 538 g/mol. The van der Waals surface area contributed by atoms with Gasteiger partial charge in [-0.1, -0.05) is 12.1 Å². The van der Waals surface area contributed by atoms with E-state index in [4.69, 9.17) is 20.8 Å². The minimum absolute atomic E-state index is 0.0776. The fourth-order valence-corrected chi connectivity index (χ4v) is 3.76. The number of nitrogens with one attached hydrogen (secondary N) is 1. The topological polar surface area (TPSA) is 261 Å². The molecule has 0 aliphatic carbocycles. The van der Waals surface area contributed by atoms with Crippen LogP contribution in [0.15, 0.2) is 24.3 Å². The lowest BCUT2D eigenvalue weighted by atomic mass is 10.0. The summed E-state index contributed by atoms with van der Waals surface area (Å²) in [5.74, 6) is -1.69. The van der Waals surface area contributed by atoms with Crippen molar-refractivity contribution < 1.29 is 59.0 Å². The number of nitrogens with two attached hydrogens (primary N) is 1. The highest BCUT2D eigenvalue weighted by Crippen LogP contribution is 2.16. The van der Waals surface area contributed by atoms with Crippen LogP contribution in [0.4, 0.5) is 0 Å². The Balaban J connectivity index is 3.21. The summed E-state index contributed by atoms with van der Waals surface area (Å²) in [6.07, 6.45) is 0.0776. The van der Waals surface area contributed by atoms with Crippen LogP contribution in [0.25, 0.3) is 0 Å². The van der Waals surface area contributed by atoms with Crippen LogP contribution < -0.4 is 16.0 Å². The van der Waals surface area contributed by atoms with Crippen LogP contribution in [0, 0.1) is 0 Å². The van der Waals surface area contributed by atoms with Gasteiger partial charge in [-0.25, -0.2) is 5.84 Å². The SMILES string of the molecule is NNC(=O)COc1ccc(CC(CN(CCN(CC(=O)O)CC(=O)O)CC(=O)O)N(CC(=O)O)CC(=O)O)cc1. The number of hydrazine groups is 1. The molecular formula is C23H33N5O12. The highest BCUT2D eigenvalue weighted by molar-refractivity contribution is 5.76. The van der Waals surface area contributed by atoms with Gasteiger partial charge in [-0.2, -0.15) is 0 Å². The molecule has 0 saturated heterocycles. The van der Waals surface area contributed by atoms with E-state index in [1.807, 2.05) is 5.43 Å². The molecule has 0 aromatic heterocycles. The molecule has 0 aliphatic heterocycles. The Morgan fingerprint density at radius 2 is 1.18 bits per heavy atom. The van der Waals surface area contributed by atoms with Crippen molar-refractivity contribution in [1.82, 2.24) is 20.1 Å². The van der Waals surface area contributed by atoms with Crippen LogP contribution in [0.1, 0.15) is 5.56 Å². The number of nitrogens with zero attached hydrogens (tertiary/aromatic N) is 3. The Morgan fingerprint density at radius 1 is 0.725 bits per heavy atom. The lowest BCUT2D eigenvalue weighted by molar-refractivity contribution is -0.144. The summed E-state index contributed by atoms with van der Waals surface area (Å²) in [4.78, 5) is 71.6. The monoisotopic (exact) mass is 571 g/mol. The number of carbonyl (C=O) groups excluding carboxylic acids is 1. The molecule has 40 heavy (non-hydrogen) atoms. The van der Waals surface area contributed by atoms with E-state index in [0.717, 1.165) is 9.80 Å². The molecule has 0 radical (unpaired) electrons. The number of aliphatic carboxylic acids is 5. The molecule has 0 aliphatic rings. The van der Waals surface area contributed by atoms with Crippen LogP contribution in [-0.4, -0.2) is 141 Å². The zero-order valence-corrected chi connectivity index (χ0v) is 21.5. The second-order valence-electron chi connectivity index (χ2n) is 8.68. The Morgan fingerprint density at radius 3 is 1.62 bits per heavy atom. The number of amides is 1. The highest BCUT2D eigenvalue weighted by Gasteiger charge is 2.27. The first-order valence-corrected chi connectivity index (χ1v) is 11.8. The van der Waals surface area contributed by atoms with E-state index in [0.29, 0.717) is 11.3 Å². The largest absolute Gasteiger partial charge is 0.484 e. The van der Waals surface area contributed by atoms with Gasteiger partial charge in [0, 0.05) is 25.7 Å². The third-order valence-electron chi connectivity index (χ3n) is 5.40. The van der Waals surface area contributed by atoms with Crippen molar-refractivity contribution in [3.8, 4) is 5.75 Å². The van der Waals surface area contributed by atoms with E-state index < -0.39 is 74.5 Å². The smallest absolute Gasteiger partial charge is 0.317 e. The standard InChI is InChI=1S/C23H33N5O12/c24-25-18(29)14-40-17-3-1-15(2-4-17)7-16(28(12-22(36)37)13-23(38)39)8-26(9-19(30)31)5-6-27(10-20(32)33)11-21(34)35/h1-4,16H,5-14,24H2,(H,25,29)(H,30,31)(H,32,33)(H,34,35)(H,36,37)(H,38,39). The molecule has 17 nitrogen and oxygen atoms in total. The number of rotatable bonds is 21. The molecule has 0 heterocycles. The summed E-state index contributed by atoms with van der Waals surface area (Å²) in [5.41, 5.74) is 2.52. The van der Waals surface area contributed by atoms with Gasteiger partial charge in [0.1, 0.15) is 5.75 Å². The zero-order chi connectivity index (χ0) is 30.2. The number of benzene rings is 1. The average Bonchev–Trinajstić information content (AvgIpc) is 2.84. The van der Waals surface area contributed by atoms with Crippen molar-refractivity contribution in [2.24, 2.45) is 5.84 Å². The van der Waals surface area contributed by atoms with Gasteiger partial charge in [0.15, 0.2) is 6.61 Å². The molecule has 1 rings (SSSR count). The average molecular weight is 572 g/mol. The van der Waals surface area contributed by atoms with Gasteiger partial charge in [-0.15, -0.1) is 0 Å². The Hall–Kier alpha value is -4.32. The molecule has 222 valence electrons. The van der Waals surface area contributed by atoms with E-state index in [-0.39, 0.29) is 32.7 Å². The van der Waals surface area contributed by atoms with Crippen molar-refractivity contribution >= 4 is 35.8 Å². The molecule has 8 N–H and O–H groups in total. The van der Waals surface area contributed by atoms with E-state index in [9.17, 15) is 44.1 Å². The Bertz CT molecular complexity index is 1000. The van der Waals surface area contributed by atoms with Crippen LogP contribution in [0.5, 0.6) is 5.75 Å². The fourth-order valence-electron chi connectivity index (χ4n) is 3.76. The first-order valence-electron chi connectivity index (χ1n) is 11.8. The van der Waals surface area contributed by atoms with Crippen molar-refractivity contribution in [2.45, 2.75) is 12.5 Å². The second kappa shape index (κ2) is 17.3. The number of carbonyl (C=O) groups is 6. The maximum absolute atomic E-state index is 11.5. The second-order valence-corrected chi connectivity index (χ2v) is 8.68. The van der Waals surface area contributed by atoms with Crippen molar-refractivity contribution in [1.29, 1.82) is 0 Å². The first kappa shape index (κ1) is 33.7. The molecule has 0 spiro atoms. The number of carboxylic acid groups (broad SMARTS) is 5. The number of carboxylic acids is 5.